The van der Waals surface area contributed by atoms with Gasteiger partial charge in [-0.3, -0.25) is 9.78 Å². The SMILES string of the molecule is CCCCCCNC(=O)n1cc(F)c(=O)[nH]c1=O.C[C@]12C[C@H]3S[C@H]3C[C@@H]1CC[C@@H]1[C@@H]2CC[C@]2(C)[C@@H](O)CC[C@@H]12. The number of halogens is 1. The zero-order valence-corrected chi connectivity index (χ0v) is 24.5. The Labute approximate surface area is 235 Å². The summed E-state index contributed by atoms with van der Waals surface area (Å²) in [5.74, 6) is 2.58. The van der Waals surface area contributed by atoms with Crippen molar-refractivity contribution in [1.82, 2.24) is 14.9 Å². The van der Waals surface area contributed by atoms with Gasteiger partial charge in [0.15, 0.2) is 0 Å². The molecule has 218 valence electrons. The molecule has 1 amide bonds. The van der Waals surface area contributed by atoms with E-state index in [0.29, 0.717) is 22.7 Å². The van der Waals surface area contributed by atoms with Crippen LogP contribution >= 0.6 is 11.8 Å². The van der Waals surface area contributed by atoms with Crippen molar-refractivity contribution < 1.29 is 14.3 Å². The number of H-pyrrole nitrogens is 1. The van der Waals surface area contributed by atoms with Gasteiger partial charge < -0.3 is 10.4 Å². The van der Waals surface area contributed by atoms with Gasteiger partial charge >= 0.3 is 11.7 Å². The third kappa shape index (κ3) is 5.51. The van der Waals surface area contributed by atoms with E-state index in [1.165, 1.54) is 44.9 Å². The standard InChI is InChI=1S/C19H30OS.C11H16FN3O3/c1-18-8-7-14-12(13(18)5-6-17(18)20)4-3-11-9-15-16(21-15)10-19(11,14)2;1-2-3-4-5-6-13-10(17)15-7-8(12)9(16)14-11(15)18/h11-17,20H,3-10H2,1-2H3;7H,2-6H2,1H3,(H,13,17)(H,14,16,18)/t11-,12-,13-,14-,15-,16+,17-,18-,19-;/m0./s1. The lowest BCUT2D eigenvalue weighted by atomic mass is 9.45. The van der Waals surface area contributed by atoms with Crippen LogP contribution in [0.2, 0.25) is 0 Å². The normalized spacial score (nSPS) is 39.8. The Morgan fingerprint density at radius 1 is 1.10 bits per heavy atom. The van der Waals surface area contributed by atoms with Crippen molar-refractivity contribution in [2.45, 2.75) is 114 Å². The first kappa shape index (κ1) is 28.9. The molecule has 0 radical (unpaired) electrons. The summed E-state index contributed by atoms with van der Waals surface area (Å²) in [4.78, 5) is 35.3. The topological polar surface area (TPSA) is 104 Å². The van der Waals surface area contributed by atoms with Gasteiger partial charge in [0.05, 0.1) is 12.3 Å². The summed E-state index contributed by atoms with van der Waals surface area (Å²) in [5, 5.41) is 15.1. The number of hydrogen-bond acceptors (Lipinski definition) is 5. The molecule has 5 aliphatic rings. The van der Waals surface area contributed by atoms with Gasteiger partial charge in [-0.05, 0) is 92.3 Å². The number of aromatic nitrogens is 2. The van der Waals surface area contributed by atoms with Crippen LogP contribution in [-0.4, -0.2) is 43.8 Å². The van der Waals surface area contributed by atoms with E-state index in [4.69, 9.17) is 0 Å². The number of amides is 1. The van der Waals surface area contributed by atoms with Crippen molar-refractivity contribution in [3.63, 3.8) is 0 Å². The Morgan fingerprint density at radius 2 is 1.87 bits per heavy atom. The molecule has 1 aliphatic heterocycles. The van der Waals surface area contributed by atoms with E-state index in [1.807, 2.05) is 0 Å². The molecular weight excluding hydrogens is 517 g/mol. The molecule has 0 unspecified atom stereocenters. The molecule has 9 heteroatoms. The van der Waals surface area contributed by atoms with Gasteiger partial charge in [-0.15, -0.1) is 0 Å². The van der Waals surface area contributed by atoms with Crippen LogP contribution in [0, 0.1) is 40.3 Å². The van der Waals surface area contributed by atoms with Gasteiger partial charge in [-0.2, -0.15) is 16.2 Å². The Balaban J connectivity index is 0.000000161. The van der Waals surface area contributed by atoms with E-state index in [2.05, 4.69) is 37.8 Å². The van der Waals surface area contributed by atoms with E-state index >= 15 is 0 Å². The number of fused-ring (bicyclic) bond motifs is 6. The Kier molecular flexibility index (Phi) is 8.41. The number of hydrogen-bond donors (Lipinski definition) is 3. The van der Waals surface area contributed by atoms with Crippen molar-refractivity contribution in [3.8, 4) is 0 Å². The smallest absolute Gasteiger partial charge is 0.336 e. The molecule has 5 fully saturated rings. The summed E-state index contributed by atoms with van der Waals surface area (Å²) in [6, 6.07) is -0.744. The molecule has 4 aliphatic carbocycles. The largest absolute Gasteiger partial charge is 0.393 e. The molecule has 0 spiro atoms. The third-order valence-electron chi connectivity index (χ3n) is 11.3. The number of nitrogens with zero attached hydrogens (tertiary/aromatic N) is 1. The number of aromatic amines is 1. The molecule has 39 heavy (non-hydrogen) atoms. The Morgan fingerprint density at radius 3 is 2.64 bits per heavy atom. The zero-order valence-electron chi connectivity index (χ0n) is 23.7. The average Bonchev–Trinajstić information content (AvgIpc) is 3.58. The first-order valence-corrected chi connectivity index (χ1v) is 16.2. The number of thioether (sulfide) groups is 1. The van der Waals surface area contributed by atoms with Crippen molar-refractivity contribution in [2.75, 3.05) is 6.54 Å². The highest BCUT2D eigenvalue weighted by Gasteiger charge is 2.63. The van der Waals surface area contributed by atoms with Crippen LogP contribution in [0.15, 0.2) is 15.8 Å². The van der Waals surface area contributed by atoms with Crippen LogP contribution in [0.5, 0.6) is 0 Å². The summed E-state index contributed by atoms with van der Waals surface area (Å²) in [6.07, 6.45) is 15.6. The minimum atomic E-state index is -1.17. The maximum atomic E-state index is 12.9. The second kappa shape index (κ2) is 11.3. The molecule has 7 nitrogen and oxygen atoms in total. The maximum Gasteiger partial charge on any atom is 0.336 e. The highest BCUT2D eigenvalue weighted by atomic mass is 32.2. The summed E-state index contributed by atoms with van der Waals surface area (Å²) < 4.78 is 13.4. The second-order valence-corrected chi connectivity index (χ2v) is 14.8. The predicted molar refractivity (Wildman–Crippen MR) is 153 cm³/mol. The van der Waals surface area contributed by atoms with Crippen LogP contribution in [0.4, 0.5) is 9.18 Å². The molecule has 0 aromatic carbocycles. The van der Waals surface area contributed by atoms with Gasteiger partial charge in [0.25, 0.3) is 5.56 Å². The van der Waals surface area contributed by atoms with E-state index in [0.717, 1.165) is 66.3 Å². The number of unbranched alkanes of at least 4 members (excludes halogenated alkanes) is 3. The fourth-order valence-electron chi connectivity index (χ4n) is 8.92. The van der Waals surface area contributed by atoms with Gasteiger partial charge in [0, 0.05) is 17.0 Å². The molecule has 6 rings (SSSR count). The van der Waals surface area contributed by atoms with E-state index in [1.54, 1.807) is 4.98 Å². The van der Waals surface area contributed by atoms with Gasteiger partial charge in [0.2, 0.25) is 5.82 Å². The number of aliphatic hydroxyl groups excluding tert-OH is 1. The Bertz CT molecular complexity index is 1170. The molecule has 4 saturated carbocycles. The van der Waals surface area contributed by atoms with Crippen LogP contribution in [0.3, 0.4) is 0 Å². The van der Waals surface area contributed by atoms with Gasteiger partial charge in [-0.25, -0.2) is 14.2 Å². The monoisotopic (exact) mass is 563 g/mol. The van der Waals surface area contributed by atoms with Crippen LogP contribution in [0.25, 0.3) is 0 Å². The fraction of sp³-hybridized carbons (Fsp3) is 0.833. The molecule has 2 heterocycles. The average molecular weight is 564 g/mol. The summed E-state index contributed by atoms with van der Waals surface area (Å²) >= 11 is 2.28. The van der Waals surface area contributed by atoms with Gasteiger partial charge in [0.1, 0.15) is 0 Å². The van der Waals surface area contributed by atoms with E-state index < -0.39 is 23.1 Å². The maximum absolute atomic E-state index is 12.9. The zero-order chi connectivity index (χ0) is 27.9. The molecule has 1 saturated heterocycles. The minimum absolute atomic E-state index is 0.0105. The van der Waals surface area contributed by atoms with Crippen molar-refractivity contribution in [1.29, 1.82) is 0 Å². The minimum Gasteiger partial charge on any atom is -0.393 e. The molecule has 0 bridgehead atoms. The first-order chi connectivity index (χ1) is 18.6. The van der Waals surface area contributed by atoms with Crippen LogP contribution < -0.4 is 16.6 Å². The summed E-state index contributed by atoms with van der Waals surface area (Å²) in [7, 11) is 0. The lowest BCUT2D eigenvalue weighted by molar-refractivity contribution is -0.116. The van der Waals surface area contributed by atoms with Crippen LogP contribution in [-0.2, 0) is 0 Å². The fourth-order valence-corrected chi connectivity index (χ4v) is 10.3. The molecule has 3 N–H and O–H groups in total. The second-order valence-electron chi connectivity index (χ2n) is 13.3. The van der Waals surface area contributed by atoms with Crippen molar-refractivity contribution in [3.05, 3.63) is 32.9 Å². The predicted octanol–water partition coefficient (Wildman–Crippen LogP) is 5.30. The summed E-state index contributed by atoms with van der Waals surface area (Å²) in [6.45, 7) is 7.55. The molecular formula is C30H46FN3O4S. The quantitative estimate of drug-likeness (QED) is 0.333. The number of aliphatic hydroxyl groups is 1. The number of rotatable bonds is 5. The molecule has 1 aromatic heterocycles. The van der Waals surface area contributed by atoms with Crippen molar-refractivity contribution >= 4 is 17.8 Å². The lowest BCUT2D eigenvalue weighted by Gasteiger charge is -2.60. The van der Waals surface area contributed by atoms with E-state index in [-0.39, 0.29) is 11.5 Å². The lowest BCUT2D eigenvalue weighted by Crippen LogP contribution is -2.54. The third-order valence-corrected chi connectivity index (χ3v) is 12.7. The van der Waals surface area contributed by atoms with Crippen LogP contribution in [0.1, 0.15) is 97.8 Å². The number of carbonyl (C=O) groups is 1. The molecule has 9 atom stereocenters. The first-order valence-electron chi connectivity index (χ1n) is 15.2. The van der Waals surface area contributed by atoms with Crippen molar-refractivity contribution in [2.24, 2.45) is 34.5 Å². The Hall–Kier alpha value is -1.61. The highest BCUT2D eigenvalue weighted by molar-refractivity contribution is 8.07. The highest BCUT2D eigenvalue weighted by Crippen LogP contribution is 2.70. The van der Waals surface area contributed by atoms with E-state index in [9.17, 15) is 23.9 Å². The number of carbonyl (C=O) groups excluding carboxylic acids is 1. The number of nitrogens with one attached hydrogen (secondary N) is 2. The van der Waals surface area contributed by atoms with Gasteiger partial charge in [-0.1, -0.05) is 40.0 Å². The summed E-state index contributed by atoms with van der Waals surface area (Å²) in [5.41, 5.74) is -1.18. The molecule has 1 aromatic rings.